The van der Waals surface area contributed by atoms with Crippen LogP contribution in [0.25, 0.3) is 0 Å². The number of hydrogen-bond donors (Lipinski definition) is 3. The summed E-state index contributed by atoms with van der Waals surface area (Å²) in [5.74, 6) is 0.497. The standard InChI is InChI=1S/C38H46O4.CH4O/c1-29-33(35(40)37(42-3)36(41-2)34(29)39)27-19-8-6-4-5-7-9-20-28-38(30-21-13-10-14-22-30,31-23-15-11-16-24-31)32-25-17-12-18-26-32;1-2/h10-18,21-26,39-40H,4-9,19-20,27-28H2,1-3H3;2H,1H3. The molecule has 0 saturated heterocycles. The molecule has 5 heteroatoms. The van der Waals surface area contributed by atoms with Gasteiger partial charge >= 0.3 is 0 Å². The third-order valence-corrected chi connectivity index (χ3v) is 8.67. The van der Waals surface area contributed by atoms with E-state index in [9.17, 15) is 10.2 Å². The SMILES string of the molecule is CO.COc1c(O)c(C)c(CCCCCCCCCCC(c2ccccc2)(c2ccccc2)c2ccccc2)c(O)c1OC. The largest absolute Gasteiger partial charge is 0.504 e. The molecule has 0 fully saturated rings. The maximum atomic E-state index is 10.7. The normalized spacial score (nSPS) is 11.0. The molecule has 236 valence electrons. The number of aliphatic hydroxyl groups excluding tert-OH is 1. The van der Waals surface area contributed by atoms with Crippen molar-refractivity contribution in [2.75, 3.05) is 21.3 Å². The summed E-state index contributed by atoms with van der Waals surface area (Å²) in [5.41, 5.74) is 5.29. The van der Waals surface area contributed by atoms with Crippen LogP contribution in [0.5, 0.6) is 23.0 Å². The van der Waals surface area contributed by atoms with Gasteiger partial charge in [-0.2, -0.15) is 0 Å². The monoisotopic (exact) mass is 598 g/mol. The van der Waals surface area contributed by atoms with E-state index in [1.807, 2.05) is 6.92 Å². The zero-order valence-electron chi connectivity index (χ0n) is 26.9. The highest BCUT2D eigenvalue weighted by molar-refractivity contribution is 5.65. The number of rotatable bonds is 16. The average Bonchev–Trinajstić information content (AvgIpc) is 3.08. The molecule has 44 heavy (non-hydrogen) atoms. The maximum Gasteiger partial charge on any atom is 0.207 e. The number of unbranched alkanes of at least 4 members (excludes halogenated alkanes) is 7. The zero-order chi connectivity index (χ0) is 31.8. The first-order valence-electron chi connectivity index (χ1n) is 15.8. The molecule has 0 aliphatic carbocycles. The van der Waals surface area contributed by atoms with Crippen LogP contribution in [0, 0.1) is 6.92 Å². The van der Waals surface area contributed by atoms with Crippen molar-refractivity contribution in [3.05, 3.63) is 119 Å². The second-order valence-electron chi connectivity index (χ2n) is 11.2. The van der Waals surface area contributed by atoms with E-state index in [1.54, 1.807) is 0 Å². The fourth-order valence-corrected chi connectivity index (χ4v) is 6.38. The molecule has 0 saturated carbocycles. The van der Waals surface area contributed by atoms with E-state index in [-0.39, 0.29) is 28.4 Å². The molecule has 5 nitrogen and oxygen atoms in total. The summed E-state index contributed by atoms with van der Waals surface area (Å²) in [7, 11) is 3.93. The van der Waals surface area contributed by atoms with Crippen LogP contribution in [0.1, 0.15) is 85.6 Å². The molecule has 0 aromatic heterocycles. The van der Waals surface area contributed by atoms with Crippen molar-refractivity contribution in [1.82, 2.24) is 0 Å². The van der Waals surface area contributed by atoms with Gasteiger partial charge < -0.3 is 24.8 Å². The summed E-state index contributed by atoms with van der Waals surface area (Å²) < 4.78 is 10.5. The van der Waals surface area contributed by atoms with E-state index in [2.05, 4.69) is 91.0 Å². The van der Waals surface area contributed by atoms with Crippen molar-refractivity contribution in [1.29, 1.82) is 0 Å². The maximum absolute atomic E-state index is 10.7. The predicted octanol–water partition coefficient (Wildman–Crippen LogP) is 9.12. The van der Waals surface area contributed by atoms with Gasteiger partial charge in [0.2, 0.25) is 11.5 Å². The predicted molar refractivity (Wildman–Crippen MR) is 180 cm³/mol. The van der Waals surface area contributed by atoms with Crippen LogP contribution in [0.15, 0.2) is 91.0 Å². The molecule has 4 aromatic carbocycles. The highest BCUT2D eigenvalue weighted by Crippen LogP contribution is 2.48. The van der Waals surface area contributed by atoms with Crippen molar-refractivity contribution in [2.24, 2.45) is 0 Å². The molecule has 4 aromatic rings. The second-order valence-corrected chi connectivity index (χ2v) is 11.2. The molecule has 0 radical (unpaired) electrons. The highest BCUT2D eigenvalue weighted by Gasteiger charge is 2.35. The highest BCUT2D eigenvalue weighted by atomic mass is 16.5. The number of aliphatic hydroxyl groups is 1. The molecule has 0 unspecified atom stereocenters. The minimum absolute atomic E-state index is 0.0398. The Kier molecular flexibility index (Phi) is 14.1. The van der Waals surface area contributed by atoms with E-state index in [1.165, 1.54) is 69.4 Å². The number of methoxy groups -OCH3 is 2. The van der Waals surface area contributed by atoms with E-state index in [0.29, 0.717) is 12.0 Å². The lowest BCUT2D eigenvalue weighted by Crippen LogP contribution is -2.29. The fraction of sp³-hybridized carbons (Fsp3) is 0.385. The Morgan fingerprint density at radius 2 is 0.886 bits per heavy atom. The third-order valence-electron chi connectivity index (χ3n) is 8.67. The van der Waals surface area contributed by atoms with Gasteiger partial charge in [-0.1, -0.05) is 136 Å². The average molecular weight is 599 g/mol. The van der Waals surface area contributed by atoms with Gasteiger partial charge in [-0.3, -0.25) is 0 Å². The van der Waals surface area contributed by atoms with E-state index >= 15 is 0 Å². The van der Waals surface area contributed by atoms with Crippen LogP contribution in [0.2, 0.25) is 0 Å². The van der Waals surface area contributed by atoms with Crippen LogP contribution in [-0.2, 0) is 11.8 Å². The number of ether oxygens (including phenoxy) is 2. The molecule has 0 bridgehead atoms. The van der Waals surface area contributed by atoms with Crippen LogP contribution in [-0.4, -0.2) is 36.6 Å². The minimum atomic E-state index is -0.161. The molecular weight excluding hydrogens is 548 g/mol. The first-order valence-corrected chi connectivity index (χ1v) is 15.8. The molecule has 0 aliphatic rings. The van der Waals surface area contributed by atoms with Crippen LogP contribution >= 0.6 is 0 Å². The number of phenolic OH excluding ortho intramolecular Hbond substituents is 2. The Morgan fingerprint density at radius 3 is 1.30 bits per heavy atom. The van der Waals surface area contributed by atoms with Gasteiger partial charge in [-0.25, -0.2) is 0 Å². The number of hydrogen-bond acceptors (Lipinski definition) is 5. The van der Waals surface area contributed by atoms with Gasteiger partial charge in [0.25, 0.3) is 0 Å². The lowest BCUT2D eigenvalue weighted by Gasteiger charge is -2.36. The quantitative estimate of drug-likeness (QED) is 0.0681. The molecule has 0 atom stereocenters. The van der Waals surface area contributed by atoms with Gasteiger partial charge in [0.05, 0.1) is 14.2 Å². The Hall–Kier alpha value is -3.96. The molecule has 4 rings (SSSR count). The summed E-state index contributed by atoms with van der Waals surface area (Å²) >= 11 is 0. The number of phenols is 2. The van der Waals surface area contributed by atoms with Crippen LogP contribution in [0.4, 0.5) is 0 Å². The number of benzene rings is 4. The first-order chi connectivity index (χ1) is 21.5. The fourth-order valence-electron chi connectivity index (χ4n) is 6.38. The molecule has 3 N–H and O–H groups in total. The smallest absolute Gasteiger partial charge is 0.207 e. The Balaban J connectivity index is 0.00000259. The van der Waals surface area contributed by atoms with Crippen LogP contribution in [0.3, 0.4) is 0 Å². The molecular formula is C39H50O5. The minimum Gasteiger partial charge on any atom is -0.504 e. The lowest BCUT2D eigenvalue weighted by molar-refractivity contribution is 0.313. The molecule has 0 spiro atoms. The summed E-state index contributed by atoms with van der Waals surface area (Å²) in [5, 5.41) is 28.2. The summed E-state index contributed by atoms with van der Waals surface area (Å²) in [4.78, 5) is 0. The first kappa shape index (κ1) is 34.5. The topological polar surface area (TPSA) is 79.2 Å². The van der Waals surface area contributed by atoms with Crippen molar-refractivity contribution < 1.29 is 24.8 Å². The van der Waals surface area contributed by atoms with Crippen molar-refractivity contribution in [3.8, 4) is 23.0 Å². The summed E-state index contributed by atoms with van der Waals surface area (Å²) in [6, 6.07) is 33.0. The molecule has 0 heterocycles. The van der Waals surface area contributed by atoms with Crippen molar-refractivity contribution >= 4 is 0 Å². The Labute approximate surface area is 264 Å². The molecule has 0 amide bonds. The molecule has 0 aliphatic heterocycles. The summed E-state index contributed by atoms with van der Waals surface area (Å²) in [6.07, 6.45) is 11.0. The van der Waals surface area contributed by atoms with Crippen molar-refractivity contribution in [3.63, 3.8) is 0 Å². The zero-order valence-corrected chi connectivity index (χ0v) is 26.9. The van der Waals surface area contributed by atoms with Gasteiger partial charge in [0.15, 0.2) is 11.5 Å². The van der Waals surface area contributed by atoms with Crippen LogP contribution < -0.4 is 9.47 Å². The van der Waals surface area contributed by atoms with Crippen molar-refractivity contribution in [2.45, 2.75) is 76.5 Å². The lowest BCUT2D eigenvalue weighted by atomic mass is 9.66. The Morgan fingerprint density at radius 1 is 0.523 bits per heavy atom. The Bertz CT molecular complexity index is 1270. The third kappa shape index (κ3) is 8.15. The van der Waals surface area contributed by atoms with E-state index in [4.69, 9.17) is 14.6 Å². The second kappa shape index (κ2) is 18.0. The van der Waals surface area contributed by atoms with Gasteiger partial charge in [-0.05, 0) is 42.9 Å². The van der Waals surface area contributed by atoms with Gasteiger partial charge in [-0.15, -0.1) is 0 Å². The van der Waals surface area contributed by atoms with E-state index in [0.717, 1.165) is 31.9 Å². The van der Waals surface area contributed by atoms with E-state index < -0.39 is 0 Å². The van der Waals surface area contributed by atoms with Gasteiger partial charge in [0.1, 0.15) is 0 Å². The number of aromatic hydroxyl groups is 2. The van der Waals surface area contributed by atoms with Gasteiger partial charge in [0, 0.05) is 23.7 Å². The summed E-state index contributed by atoms with van der Waals surface area (Å²) in [6.45, 7) is 1.81.